The van der Waals surface area contributed by atoms with Crippen molar-refractivity contribution in [1.82, 2.24) is 4.98 Å². The topological polar surface area (TPSA) is 33.1 Å². The van der Waals surface area contributed by atoms with Crippen molar-refractivity contribution >= 4 is 0 Å². The van der Waals surface area contributed by atoms with E-state index in [-0.39, 0.29) is 0 Å². The maximum atomic E-state index is 10.5. The van der Waals surface area contributed by atoms with Crippen LogP contribution in [0.3, 0.4) is 0 Å². The molecule has 1 aromatic carbocycles. The minimum absolute atomic E-state index is 0.578. The lowest BCUT2D eigenvalue weighted by Gasteiger charge is -2.16. The predicted octanol–water partition coefficient (Wildman–Crippen LogP) is 3.40. The van der Waals surface area contributed by atoms with Crippen molar-refractivity contribution in [1.29, 1.82) is 0 Å². The Morgan fingerprint density at radius 1 is 0.944 bits per heavy atom. The van der Waals surface area contributed by atoms with Crippen LogP contribution >= 0.6 is 0 Å². The van der Waals surface area contributed by atoms with Gasteiger partial charge in [-0.05, 0) is 56.5 Å². The number of hydrogen-bond donors (Lipinski definition) is 1. The van der Waals surface area contributed by atoms with Gasteiger partial charge < -0.3 is 5.11 Å². The van der Waals surface area contributed by atoms with Crippen LogP contribution in [0.1, 0.15) is 39.7 Å². The van der Waals surface area contributed by atoms with Crippen LogP contribution in [0.2, 0.25) is 0 Å². The van der Waals surface area contributed by atoms with E-state index in [0.29, 0.717) is 0 Å². The zero-order valence-corrected chi connectivity index (χ0v) is 11.4. The number of pyridine rings is 1. The SMILES string of the molecule is Cc1ccc(C)c(C(O)c2cc(C)nc(C)c2)c1. The molecule has 0 aliphatic rings. The summed E-state index contributed by atoms with van der Waals surface area (Å²) in [6.45, 7) is 7.97. The fourth-order valence-corrected chi connectivity index (χ4v) is 2.26. The molecule has 2 nitrogen and oxygen atoms in total. The highest BCUT2D eigenvalue weighted by atomic mass is 16.3. The van der Waals surface area contributed by atoms with E-state index in [1.54, 1.807) is 0 Å². The molecule has 1 N–H and O–H groups in total. The Bertz CT molecular complexity index is 555. The summed E-state index contributed by atoms with van der Waals surface area (Å²) < 4.78 is 0. The van der Waals surface area contributed by atoms with Gasteiger partial charge in [-0.3, -0.25) is 4.98 Å². The molecular formula is C16H19NO. The van der Waals surface area contributed by atoms with E-state index in [9.17, 15) is 5.11 Å². The molecule has 1 unspecified atom stereocenters. The van der Waals surface area contributed by atoms with Gasteiger partial charge in [0, 0.05) is 11.4 Å². The van der Waals surface area contributed by atoms with Gasteiger partial charge in [-0.25, -0.2) is 0 Å². The van der Waals surface area contributed by atoms with Crippen molar-refractivity contribution in [2.24, 2.45) is 0 Å². The summed E-state index contributed by atoms with van der Waals surface area (Å²) in [6, 6.07) is 10.0. The smallest absolute Gasteiger partial charge is 0.104 e. The van der Waals surface area contributed by atoms with Crippen molar-refractivity contribution < 1.29 is 5.11 Å². The van der Waals surface area contributed by atoms with Gasteiger partial charge in [-0.2, -0.15) is 0 Å². The molecule has 0 amide bonds. The van der Waals surface area contributed by atoms with Crippen molar-refractivity contribution in [3.8, 4) is 0 Å². The van der Waals surface area contributed by atoms with Crippen LogP contribution in [0, 0.1) is 27.7 Å². The fraction of sp³-hybridized carbons (Fsp3) is 0.312. The number of aliphatic hydroxyl groups is 1. The lowest BCUT2D eigenvalue weighted by atomic mass is 9.95. The maximum absolute atomic E-state index is 10.5. The Labute approximate surface area is 108 Å². The van der Waals surface area contributed by atoms with Crippen LogP contribution in [0.4, 0.5) is 0 Å². The number of aryl methyl sites for hydroxylation is 4. The van der Waals surface area contributed by atoms with Gasteiger partial charge in [0.15, 0.2) is 0 Å². The zero-order chi connectivity index (χ0) is 13.3. The molecule has 0 saturated carbocycles. The van der Waals surface area contributed by atoms with Crippen LogP contribution in [0.5, 0.6) is 0 Å². The molecule has 0 aliphatic carbocycles. The lowest BCUT2D eigenvalue weighted by molar-refractivity contribution is 0.219. The Balaban J connectivity index is 2.47. The van der Waals surface area contributed by atoms with E-state index < -0.39 is 6.10 Å². The Morgan fingerprint density at radius 3 is 2.17 bits per heavy atom. The third-order valence-electron chi connectivity index (χ3n) is 3.15. The van der Waals surface area contributed by atoms with Crippen LogP contribution in [-0.4, -0.2) is 10.1 Å². The molecule has 1 heterocycles. The summed E-state index contributed by atoms with van der Waals surface area (Å²) in [4.78, 5) is 4.34. The summed E-state index contributed by atoms with van der Waals surface area (Å²) in [7, 11) is 0. The molecule has 0 radical (unpaired) electrons. The average Bonchev–Trinajstić information content (AvgIpc) is 2.30. The van der Waals surface area contributed by atoms with E-state index in [0.717, 1.165) is 33.6 Å². The first-order valence-corrected chi connectivity index (χ1v) is 6.18. The van der Waals surface area contributed by atoms with Gasteiger partial charge in [-0.1, -0.05) is 23.8 Å². The molecule has 1 atom stereocenters. The molecular weight excluding hydrogens is 222 g/mol. The normalized spacial score (nSPS) is 12.5. The molecule has 0 spiro atoms. The summed E-state index contributed by atoms with van der Waals surface area (Å²) in [5.41, 5.74) is 6.04. The van der Waals surface area contributed by atoms with Gasteiger partial charge in [-0.15, -0.1) is 0 Å². The number of aromatic nitrogens is 1. The summed E-state index contributed by atoms with van der Waals surface area (Å²) in [5.74, 6) is 0. The summed E-state index contributed by atoms with van der Waals surface area (Å²) >= 11 is 0. The van der Waals surface area contributed by atoms with Crippen molar-refractivity contribution in [3.05, 3.63) is 64.0 Å². The second-order valence-electron chi connectivity index (χ2n) is 4.95. The second kappa shape index (κ2) is 4.91. The van der Waals surface area contributed by atoms with Crippen molar-refractivity contribution in [2.75, 3.05) is 0 Å². The van der Waals surface area contributed by atoms with Gasteiger partial charge >= 0.3 is 0 Å². The number of benzene rings is 1. The number of rotatable bonds is 2. The third kappa shape index (κ3) is 2.59. The van der Waals surface area contributed by atoms with E-state index >= 15 is 0 Å². The first-order valence-electron chi connectivity index (χ1n) is 6.18. The first kappa shape index (κ1) is 12.8. The highest BCUT2D eigenvalue weighted by Gasteiger charge is 2.14. The number of hydrogen-bond acceptors (Lipinski definition) is 2. The molecule has 2 heteroatoms. The van der Waals surface area contributed by atoms with Crippen LogP contribution < -0.4 is 0 Å². The number of aliphatic hydroxyl groups excluding tert-OH is 1. The van der Waals surface area contributed by atoms with Crippen molar-refractivity contribution in [3.63, 3.8) is 0 Å². The van der Waals surface area contributed by atoms with Crippen LogP contribution in [0.25, 0.3) is 0 Å². The minimum Gasteiger partial charge on any atom is -0.384 e. The quantitative estimate of drug-likeness (QED) is 0.874. The summed E-state index contributed by atoms with van der Waals surface area (Å²) in [5, 5.41) is 10.5. The van der Waals surface area contributed by atoms with E-state index in [1.807, 2.05) is 45.9 Å². The molecule has 1 aromatic heterocycles. The van der Waals surface area contributed by atoms with E-state index in [1.165, 1.54) is 0 Å². The monoisotopic (exact) mass is 241 g/mol. The Hall–Kier alpha value is -1.67. The third-order valence-corrected chi connectivity index (χ3v) is 3.15. The molecule has 0 bridgehead atoms. The van der Waals surface area contributed by atoms with Gasteiger partial charge in [0.05, 0.1) is 0 Å². The second-order valence-corrected chi connectivity index (χ2v) is 4.95. The summed E-state index contributed by atoms with van der Waals surface area (Å²) in [6.07, 6.45) is -0.578. The Kier molecular flexibility index (Phi) is 3.48. The lowest BCUT2D eigenvalue weighted by Crippen LogP contribution is -2.04. The first-order chi connectivity index (χ1) is 8.47. The molecule has 2 rings (SSSR count). The standard InChI is InChI=1S/C16H19NO/c1-10-5-6-11(2)15(7-10)16(18)14-8-12(3)17-13(4)9-14/h5-9,16,18H,1-4H3. The molecule has 0 saturated heterocycles. The van der Waals surface area contributed by atoms with Gasteiger partial charge in [0.2, 0.25) is 0 Å². The van der Waals surface area contributed by atoms with Crippen LogP contribution in [0.15, 0.2) is 30.3 Å². The predicted molar refractivity (Wildman–Crippen MR) is 73.7 cm³/mol. The molecule has 94 valence electrons. The fourth-order valence-electron chi connectivity index (χ4n) is 2.26. The molecule has 0 fully saturated rings. The minimum atomic E-state index is -0.578. The Morgan fingerprint density at radius 2 is 1.56 bits per heavy atom. The van der Waals surface area contributed by atoms with Gasteiger partial charge in [0.25, 0.3) is 0 Å². The van der Waals surface area contributed by atoms with Crippen LogP contribution in [-0.2, 0) is 0 Å². The molecule has 18 heavy (non-hydrogen) atoms. The highest BCUT2D eigenvalue weighted by molar-refractivity contribution is 5.38. The van der Waals surface area contributed by atoms with Crippen molar-refractivity contribution in [2.45, 2.75) is 33.8 Å². The average molecular weight is 241 g/mol. The van der Waals surface area contributed by atoms with E-state index in [2.05, 4.69) is 17.1 Å². The molecule has 0 aliphatic heterocycles. The number of nitrogens with zero attached hydrogens (tertiary/aromatic N) is 1. The maximum Gasteiger partial charge on any atom is 0.104 e. The largest absolute Gasteiger partial charge is 0.384 e. The van der Waals surface area contributed by atoms with Gasteiger partial charge in [0.1, 0.15) is 6.10 Å². The highest BCUT2D eigenvalue weighted by Crippen LogP contribution is 2.26. The van der Waals surface area contributed by atoms with E-state index in [4.69, 9.17) is 0 Å². The zero-order valence-electron chi connectivity index (χ0n) is 11.4. The molecule has 2 aromatic rings.